The Morgan fingerprint density at radius 2 is 1.94 bits per heavy atom. The van der Waals surface area contributed by atoms with Crippen LogP contribution in [0.3, 0.4) is 0 Å². The summed E-state index contributed by atoms with van der Waals surface area (Å²) in [6, 6.07) is 7.08. The molecule has 0 aliphatic rings. The number of carbonyl (C=O) groups is 2. The summed E-state index contributed by atoms with van der Waals surface area (Å²) in [6.07, 6.45) is 0.465. The van der Waals surface area contributed by atoms with Gasteiger partial charge in [0.15, 0.2) is 0 Å². The Labute approximate surface area is 109 Å². The number of methoxy groups -OCH3 is 1. The summed E-state index contributed by atoms with van der Waals surface area (Å²) >= 11 is 6.96. The second-order valence-corrected chi connectivity index (χ2v) is 4.72. The van der Waals surface area contributed by atoms with E-state index in [0.717, 1.165) is 4.90 Å². The van der Waals surface area contributed by atoms with Gasteiger partial charge in [0.25, 0.3) is 0 Å². The van der Waals surface area contributed by atoms with Gasteiger partial charge < -0.3 is 4.74 Å². The van der Waals surface area contributed by atoms with Gasteiger partial charge in [-0.05, 0) is 24.3 Å². The fourth-order valence-electron chi connectivity index (χ4n) is 1.15. The van der Waals surface area contributed by atoms with Crippen LogP contribution in [0.4, 0.5) is 0 Å². The van der Waals surface area contributed by atoms with Gasteiger partial charge in [-0.25, -0.2) is 4.79 Å². The van der Waals surface area contributed by atoms with Crippen molar-refractivity contribution in [1.82, 2.24) is 0 Å². The number of hydrogen-bond donors (Lipinski definition) is 0. The van der Waals surface area contributed by atoms with E-state index >= 15 is 0 Å². The Hall–Kier alpha value is -1.00. The molecule has 1 rings (SSSR count). The summed E-state index contributed by atoms with van der Waals surface area (Å²) < 4.78 is 4.60. The molecule has 0 heterocycles. The Bertz CT molecular complexity index is 389. The number of ether oxygens (including phenoxy) is 1. The van der Waals surface area contributed by atoms with Crippen LogP contribution in [0.25, 0.3) is 0 Å². The zero-order valence-electron chi connectivity index (χ0n) is 9.44. The minimum atomic E-state index is -0.348. The Morgan fingerprint density at radius 3 is 2.47 bits per heavy atom. The SMILES string of the molecule is COC(=O)c1ccc(SCCC(=O)CCl)cc1. The van der Waals surface area contributed by atoms with Crippen LogP contribution in [0.1, 0.15) is 16.8 Å². The number of carbonyl (C=O) groups excluding carboxylic acids is 2. The molecule has 0 N–H and O–H groups in total. The van der Waals surface area contributed by atoms with Gasteiger partial charge in [0, 0.05) is 17.1 Å². The van der Waals surface area contributed by atoms with Gasteiger partial charge in [-0.15, -0.1) is 23.4 Å². The van der Waals surface area contributed by atoms with E-state index in [-0.39, 0.29) is 17.6 Å². The number of rotatable bonds is 6. The van der Waals surface area contributed by atoms with Crippen molar-refractivity contribution in [3.05, 3.63) is 29.8 Å². The molecule has 0 saturated heterocycles. The van der Waals surface area contributed by atoms with E-state index in [9.17, 15) is 9.59 Å². The van der Waals surface area contributed by atoms with E-state index in [4.69, 9.17) is 11.6 Å². The van der Waals surface area contributed by atoms with Gasteiger partial charge in [0.1, 0.15) is 5.78 Å². The molecule has 0 aromatic heterocycles. The van der Waals surface area contributed by atoms with Crippen LogP contribution in [-0.2, 0) is 9.53 Å². The lowest BCUT2D eigenvalue weighted by Crippen LogP contribution is -2.01. The molecule has 0 fully saturated rings. The number of halogens is 1. The maximum atomic E-state index is 11.2. The molecular formula is C12H13ClO3S. The van der Waals surface area contributed by atoms with E-state index in [1.54, 1.807) is 23.9 Å². The van der Waals surface area contributed by atoms with Gasteiger partial charge in [-0.3, -0.25) is 4.79 Å². The molecule has 17 heavy (non-hydrogen) atoms. The van der Waals surface area contributed by atoms with Crippen LogP contribution in [-0.4, -0.2) is 30.5 Å². The average Bonchev–Trinajstić information content (AvgIpc) is 2.38. The van der Waals surface area contributed by atoms with Gasteiger partial charge in [-0.2, -0.15) is 0 Å². The first-order valence-corrected chi connectivity index (χ1v) is 6.58. The summed E-state index contributed by atoms with van der Waals surface area (Å²) in [5, 5.41) is 0. The summed E-state index contributed by atoms with van der Waals surface area (Å²) in [5.74, 6) is 0.467. The lowest BCUT2D eigenvalue weighted by atomic mass is 10.2. The fraction of sp³-hybridized carbons (Fsp3) is 0.333. The monoisotopic (exact) mass is 272 g/mol. The lowest BCUT2D eigenvalue weighted by Gasteiger charge is -2.02. The van der Waals surface area contributed by atoms with Crippen LogP contribution < -0.4 is 0 Å². The molecule has 1 aromatic carbocycles. The smallest absolute Gasteiger partial charge is 0.337 e. The van der Waals surface area contributed by atoms with Crippen molar-refractivity contribution < 1.29 is 14.3 Å². The molecule has 0 saturated carbocycles. The quantitative estimate of drug-likeness (QED) is 0.454. The minimum Gasteiger partial charge on any atom is -0.465 e. The molecule has 0 spiro atoms. The first kappa shape index (κ1) is 14.1. The highest BCUT2D eigenvalue weighted by Crippen LogP contribution is 2.19. The van der Waals surface area contributed by atoms with E-state index in [1.807, 2.05) is 12.1 Å². The molecule has 0 atom stereocenters. The van der Waals surface area contributed by atoms with Gasteiger partial charge >= 0.3 is 5.97 Å². The van der Waals surface area contributed by atoms with Crippen molar-refractivity contribution >= 4 is 35.1 Å². The van der Waals surface area contributed by atoms with Gasteiger partial charge in [0.2, 0.25) is 0 Å². The van der Waals surface area contributed by atoms with E-state index in [0.29, 0.717) is 17.7 Å². The molecule has 0 amide bonds. The zero-order valence-corrected chi connectivity index (χ0v) is 11.0. The molecule has 92 valence electrons. The van der Waals surface area contributed by atoms with Crippen molar-refractivity contribution in [2.24, 2.45) is 0 Å². The molecule has 3 nitrogen and oxygen atoms in total. The third-order valence-electron chi connectivity index (χ3n) is 2.07. The number of Topliss-reactive ketones (excluding diaryl/α,β-unsaturated/α-hetero) is 1. The maximum Gasteiger partial charge on any atom is 0.337 e. The van der Waals surface area contributed by atoms with Crippen LogP contribution in [0.15, 0.2) is 29.2 Å². The van der Waals surface area contributed by atoms with Crippen molar-refractivity contribution in [2.45, 2.75) is 11.3 Å². The summed E-state index contributed by atoms with van der Waals surface area (Å²) in [6.45, 7) is 0. The zero-order chi connectivity index (χ0) is 12.7. The highest BCUT2D eigenvalue weighted by molar-refractivity contribution is 7.99. The predicted molar refractivity (Wildman–Crippen MR) is 68.8 cm³/mol. The third kappa shape index (κ3) is 4.79. The molecule has 5 heteroatoms. The van der Waals surface area contributed by atoms with Crippen LogP contribution in [0.5, 0.6) is 0 Å². The molecular weight excluding hydrogens is 260 g/mol. The number of ketones is 1. The molecule has 0 aliphatic carbocycles. The van der Waals surface area contributed by atoms with Crippen LogP contribution >= 0.6 is 23.4 Å². The Kier molecular flexibility index (Phi) is 6.08. The van der Waals surface area contributed by atoms with E-state index in [1.165, 1.54) is 7.11 Å². The van der Waals surface area contributed by atoms with Crippen molar-refractivity contribution in [2.75, 3.05) is 18.7 Å². The minimum absolute atomic E-state index is 0.0466. The number of benzene rings is 1. The van der Waals surface area contributed by atoms with Crippen LogP contribution in [0.2, 0.25) is 0 Å². The second kappa shape index (κ2) is 7.35. The average molecular weight is 273 g/mol. The van der Waals surface area contributed by atoms with Crippen molar-refractivity contribution in [1.29, 1.82) is 0 Å². The Morgan fingerprint density at radius 1 is 1.29 bits per heavy atom. The number of esters is 1. The van der Waals surface area contributed by atoms with E-state index < -0.39 is 0 Å². The number of thioether (sulfide) groups is 1. The number of alkyl halides is 1. The summed E-state index contributed by atoms with van der Waals surface area (Å²) in [7, 11) is 1.35. The molecule has 1 aromatic rings. The van der Waals surface area contributed by atoms with Crippen molar-refractivity contribution in [3.8, 4) is 0 Å². The van der Waals surface area contributed by atoms with Gasteiger partial charge in [0.05, 0.1) is 18.6 Å². The second-order valence-electron chi connectivity index (χ2n) is 3.29. The highest BCUT2D eigenvalue weighted by Gasteiger charge is 2.05. The number of hydrogen-bond acceptors (Lipinski definition) is 4. The third-order valence-corrected chi connectivity index (χ3v) is 3.39. The predicted octanol–water partition coefficient (Wildman–Crippen LogP) is 2.76. The largest absolute Gasteiger partial charge is 0.465 e. The topological polar surface area (TPSA) is 43.4 Å². The normalized spacial score (nSPS) is 10.0. The van der Waals surface area contributed by atoms with Gasteiger partial charge in [-0.1, -0.05) is 0 Å². The lowest BCUT2D eigenvalue weighted by molar-refractivity contribution is -0.116. The maximum absolute atomic E-state index is 11.2. The molecule has 0 unspecified atom stereocenters. The Balaban J connectivity index is 2.46. The summed E-state index contributed by atoms with van der Waals surface area (Å²) in [5.41, 5.74) is 0.522. The highest BCUT2D eigenvalue weighted by atomic mass is 35.5. The van der Waals surface area contributed by atoms with E-state index in [2.05, 4.69) is 4.74 Å². The van der Waals surface area contributed by atoms with Crippen LogP contribution in [0, 0.1) is 0 Å². The molecule has 0 aliphatic heterocycles. The fourth-order valence-corrected chi connectivity index (χ4v) is 2.18. The first-order valence-electron chi connectivity index (χ1n) is 5.06. The molecule has 0 radical (unpaired) electrons. The summed E-state index contributed by atoms with van der Waals surface area (Å²) in [4.78, 5) is 23.2. The molecule has 0 bridgehead atoms. The first-order chi connectivity index (χ1) is 8.17. The standard InChI is InChI=1S/C12H13ClO3S/c1-16-12(15)9-2-4-11(5-3-9)17-7-6-10(14)8-13/h2-5H,6-8H2,1H3. The van der Waals surface area contributed by atoms with Crippen molar-refractivity contribution in [3.63, 3.8) is 0 Å².